The highest BCUT2D eigenvalue weighted by molar-refractivity contribution is 6.30. The summed E-state index contributed by atoms with van der Waals surface area (Å²) in [6.45, 7) is 0. The fraction of sp³-hybridized carbons (Fsp3) is 0. The van der Waals surface area contributed by atoms with Gasteiger partial charge in [-0.1, -0.05) is 11.6 Å². The number of allylic oxidation sites excluding steroid dienone is 1. The van der Waals surface area contributed by atoms with E-state index in [2.05, 4.69) is 4.98 Å². The molecule has 4 heteroatoms. The fourth-order valence-corrected chi connectivity index (χ4v) is 0.912. The highest BCUT2D eigenvalue weighted by Crippen LogP contribution is 2.05. The van der Waals surface area contributed by atoms with Gasteiger partial charge in [0.15, 0.2) is 0 Å². The maximum absolute atomic E-state index is 11.0. The van der Waals surface area contributed by atoms with Gasteiger partial charge in [0.05, 0.1) is 5.02 Å². The van der Waals surface area contributed by atoms with Crippen LogP contribution in [-0.2, 0) is 4.79 Å². The predicted molar refractivity (Wildman–Crippen MR) is 47.2 cm³/mol. The van der Waals surface area contributed by atoms with Crippen LogP contribution in [0.2, 0.25) is 5.02 Å². The summed E-state index contributed by atoms with van der Waals surface area (Å²) in [7, 11) is 0. The van der Waals surface area contributed by atoms with Crippen LogP contribution in [0.1, 0.15) is 5.56 Å². The lowest BCUT2D eigenvalue weighted by molar-refractivity contribution is -0.104. The normalized spacial score (nSPS) is 10.4. The Hall–Kier alpha value is -1.35. The standard InChI is InChI=1S/C8H6ClNO2/c9-7-4-6(2-1-3-11)8(12)10-5-7/h1-5H,(H,10,12). The molecule has 0 spiro atoms. The fourth-order valence-electron chi connectivity index (χ4n) is 0.740. The van der Waals surface area contributed by atoms with Crippen molar-refractivity contribution in [3.05, 3.63) is 39.3 Å². The van der Waals surface area contributed by atoms with Gasteiger partial charge in [0.2, 0.25) is 0 Å². The Bertz CT molecular complexity index is 368. The minimum Gasteiger partial charge on any atom is -0.327 e. The van der Waals surface area contributed by atoms with Gasteiger partial charge >= 0.3 is 0 Å². The molecule has 0 aromatic carbocycles. The number of pyridine rings is 1. The van der Waals surface area contributed by atoms with Crippen LogP contribution >= 0.6 is 11.6 Å². The van der Waals surface area contributed by atoms with Crippen molar-refractivity contribution in [2.24, 2.45) is 0 Å². The zero-order chi connectivity index (χ0) is 8.97. The number of aldehydes is 1. The third kappa shape index (κ3) is 2.07. The number of aromatic nitrogens is 1. The first kappa shape index (κ1) is 8.74. The van der Waals surface area contributed by atoms with Crippen LogP contribution in [-0.4, -0.2) is 11.3 Å². The topological polar surface area (TPSA) is 49.9 Å². The molecule has 0 atom stereocenters. The molecule has 1 aromatic rings. The molecule has 12 heavy (non-hydrogen) atoms. The number of nitrogens with one attached hydrogen (secondary N) is 1. The van der Waals surface area contributed by atoms with Gasteiger partial charge in [-0.3, -0.25) is 9.59 Å². The second-order valence-corrected chi connectivity index (χ2v) is 2.53. The molecule has 0 fully saturated rings. The molecule has 0 saturated heterocycles. The summed E-state index contributed by atoms with van der Waals surface area (Å²) in [5.74, 6) is 0. The minimum absolute atomic E-state index is 0.266. The lowest BCUT2D eigenvalue weighted by Gasteiger charge is -1.91. The number of carbonyl (C=O) groups excluding carboxylic acids is 1. The Kier molecular flexibility index (Phi) is 2.82. The Morgan fingerprint density at radius 1 is 1.50 bits per heavy atom. The van der Waals surface area contributed by atoms with E-state index in [0.717, 1.165) is 0 Å². The highest BCUT2D eigenvalue weighted by atomic mass is 35.5. The van der Waals surface area contributed by atoms with Gasteiger partial charge < -0.3 is 4.98 Å². The zero-order valence-corrected chi connectivity index (χ0v) is 6.84. The van der Waals surface area contributed by atoms with Crippen LogP contribution in [0.3, 0.4) is 0 Å². The summed E-state index contributed by atoms with van der Waals surface area (Å²) in [4.78, 5) is 23.4. The van der Waals surface area contributed by atoms with Gasteiger partial charge in [0.25, 0.3) is 5.56 Å². The van der Waals surface area contributed by atoms with Crippen molar-refractivity contribution < 1.29 is 4.79 Å². The van der Waals surface area contributed by atoms with E-state index in [4.69, 9.17) is 11.6 Å². The number of halogens is 1. The van der Waals surface area contributed by atoms with E-state index in [-0.39, 0.29) is 5.56 Å². The van der Waals surface area contributed by atoms with Crippen molar-refractivity contribution in [2.75, 3.05) is 0 Å². The van der Waals surface area contributed by atoms with Gasteiger partial charge in [-0.2, -0.15) is 0 Å². The SMILES string of the molecule is O=CC=Cc1cc(Cl)c[nH]c1=O. The number of rotatable bonds is 2. The van der Waals surface area contributed by atoms with E-state index in [0.29, 0.717) is 16.9 Å². The van der Waals surface area contributed by atoms with Crippen molar-refractivity contribution in [1.82, 2.24) is 4.98 Å². The predicted octanol–water partition coefficient (Wildman–Crippen LogP) is 1.24. The van der Waals surface area contributed by atoms with Crippen LogP contribution in [0.25, 0.3) is 6.08 Å². The summed E-state index contributed by atoms with van der Waals surface area (Å²) in [5.41, 5.74) is 0.104. The molecule has 0 aliphatic rings. The molecular weight excluding hydrogens is 178 g/mol. The highest BCUT2D eigenvalue weighted by Gasteiger charge is 1.94. The maximum atomic E-state index is 11.0. The van der Waals surface area contributed by atoms with E-state index in [1.807, 2.05) is 0 Å². The third-order valence-corrected chi connectivity index (χ3v) is 1.47. The minimum atomic E-state index is -0.266. The molecule has 0 unspecified atom stereocenters. The smallest absolute Gasteiger partial charge is 0.255 e. The average molecular weight is 184 g/mol. The quantitative estimate of drug-likeness (QED) is 0.554. The third-order valence-electron chi connectivity index (χ3n) is 1.25. The zero-order valence-electron chi connectivity index (χ0n) is 6.08. The molecule has 0 amide bonds. The molecular formula is C8H6ClNO2. The van der Waals surface area contributed by atoms with Crippen molar-refractivity contribution in [3.8, 4) is 0 Å². The molecule has 3 nitrogen and oxygen atoms in total. The van der Waals surface area contributed by atoms with Crippen LogP contribution in [0.15, 0.2) is 23.1 Å². The maximum Gasteiger partial charge on any atom is 0.255 e. The first-order valence-electron chi connectivity index (χ1n) is 3.24. The largest absolute Gasteiger partial charge is 0.327 e. The van der Waals surface area contributed by atoms with Gasteiger partial charge in [-0.05, 0) is 18.2 Å². The van der Waals surface area contributed by atoms with E-state index in [1.54, 1.807) is 0 Å². The molecule has 0 aliphatic carbocycles. The van der Waals surface area contributed by atoms with Gasteiger partial charge in [-0.15, -0.1) is 0 Å². The van der Waals surface area contributed by atoms with Crippen molar-refractivity contribution in [2.45, 2.75) is 0 Å². The van der Waals surface area contributed by atoms with Crippen LogP contribution in [0.5, 0.6) is 0 Å². The Morgan fingerprint density at radius 2 is 2.25 bits per heavy atom. The van der Waals surface area contributed by atoms with E-state index >= 15 is 0 Å². The Morgan fingerprint density at radius 3 is 2.92 bits per heavy atom. The first-order chi connectivity index (χ1) is 5.74. The summed E-state index contributed by atoms with van der Waals surface area (Å²) in [6, 6.07) is 1.49. The number of carbonyl (C=O) groups is 1. The molecule has 1 heterocycles. The van der Waals surface area contributed by atoms with Crippen molar-refractivity contribution in [3.63, 3.8) is 0 Å². The second-order valence-electron chi connectivity index (χ2n) is 2.10. The molecule has 1 rings (SSSR count). The van der Waals surface area contributed by atoms with Crippen molar-refractivity contribution in [1.29, 1.82) is 0 Å². The van der Waals surface area contributed by atoms with E-state index in [1.165, 1.54) is 24.4 Å². The average Bonchev–Trinajstić information content (AvgIpc) is 2.07. The molecule has 0 bridgehead atoms. The van der Waals surface area contributed by atoms with E-state index in [9.17, 15) is 9.59 Å². The van der Waals surface area contributed by atoms with Crippen LogP contribution < -0.4 is 5.56 Å². The van der Waals surface area contributed by atoms with Crippen LogP contribution in [0.4, 0.5) is 0 Å². The number of hydrogen-bond donors (Lipinski definition) is 1. The first-order valence-corrected chi connectivity index (χ1v) is 3.62. The summed E-state index contributed by atoms with van der Waals surface area (Å²) in [5, 5.41) is 0.431. The van der Waals surface area contributed by atoms with Gasteiger partial charge in [-0.25, -0.2) is 0 Å². The van der Waals surface area contributed by atoms with E-state index < -0.39 is 0 Å². The van der Waals surface area contributed by atoms with Crippen LogP contribution in [0, 0.1) is 0 Å². The molecule has 1 aromatic heterocycles. The number of hydrogen-bond acceptors (Lipinski definition) is 2. The molecule has 0 aliphatic heterocycles. The Labute approximate surface area is 73.7 Å². The summed E-state index contributed by atoms with van der Waals surface area (Å²) >= 11 is 5.60. The lowest BCUT2D eigenvalue weighted by atomic mass is 10.2. The summed E-state index contributed by atoms with van der Waals surface area (Å²) < 4.78 is 0. The number of aromatic amines is 1. The Balaban J connectivity index is 3.14. The molecule has 62 valence electrons. The monoisotopic (exact) mass is 183 g/mol. The molecule has 0 saturated carbocycles. The molecule has 0 radical (unpaired) electrons. The molecule has 1 N–H and O–H groups in total. The van der Waals surface area contributed by atoms with Gasteiger partial charge in [0.1, 0.15) is 6.29 Å². The second kappa shape index (κ2) is 3.88. The van der Waals surface area contributed by atoms with Gasteiger partial charge in [0, 0.05) is 11.8 Å². The van der Waals surface area contributed by atoms with Crippen molar-refractivity contribution >= 4 is 24.0 Å². The lowest BCUT2D eigenvalue weighted by Crippen LogP contribution is -2.07. The number of H-pyrrole nitrogens is 1. The summed E-state index contributed by atoms with van der Waals surface area (Å²) in [6.07, 6.45) is 4.63.